The van der Waals surface area contributed by atoms with E-state index < -0.39 is 11.8 Å². The Morgan fingerprint density at radius 1 is 1.27 bits per heavy atom. The van der Waals surface area contributed by atoms with Crippen LogP contribution in [0.4, 0.5) is 0 Å². The SMILES string of the molecule is CCC(CC)CN(CC)C(=O)C(=O)NN. The van der Waals surface area contributed by atoms with E-state index in [0.717, 1.165) is 12.8 Å². The third-order valence-corrected chi connectivity index (χ3v) is 2.63. The van der Waals surface area contributed by atoms with Crippen molar-refractivity contribution in [2.75, 3.05) is 13.1 Å². The van der Waals surface area contributed by atoms with Crippen LogP contribution < -0.4 is 11.3 Å². The summed E-state index contributed by atoms with van der Waals surface area (Å²) < 4.78 is 0. The molecule has 0 radical (unpaired) electrons. The van der Waals surface area contributed by atoms with Gasteiger partial charge in [0.25, 0.3) is 0 Å². The van der Waals surface area contributed by atoms with Gasteiger partial charge in [0.2, 0.25) is 0 Å². The predicted molar refractivity (Wildman–Crippen MR) is 58.7 cm³/mol. The van der Waals surface area contributed by atoms with Crippen molar-refractivity contribution in [3.05, 3.63) is 0 Å². The van der Waals surface area contributed by atoms with Crippen LogP contribution in [0, 0.1) is 5.92 Å². The van der Waals surface area contributed by atoms with E-state index in [1.807, 2.05) is 12.3 Å². The lowest BCUT2D eigenvalue weighted by Crippen LogP contribution is -2.46. The second kappa shape index (κ2) is 7.23. The average molecular weight is 215 g/mol. The largest absolute Gasteiger partial charge is 0.334 e. The maximum atomic E-state index is 11.5. The molecule has 0 aliphatic heterocycles. The van der Waals surface area contributed by atoms with E-state index in [9.17, 15) is 9.59 Å². The van der Waals surface area contributed by atoms with E-state index in [2.05, 4.69) is 13.8 Å². The van der Waals surface area contributed by atoms with Gasteiger partial charge < -0.3 is 4.90 Å². The van der Waals surface area contributed by atoms with Gasteiger partial charge in [0.1, 0.15) is 0 Å². The Labute approximate surface area is 91.0 Å². The van der Waals surface area contributed by atoms with Gasteiger partial charge in [0.15, 0.2) is 0 Å². The van der Waals surface area contributed by atoms with Crippen LogP contribution in [0.5, 0.6) is 0 Å². The number of nitrogens with zero attached hydrogens (tertiary/aromatic N) is 1. The number of nitrogens with two attached hydrogens (primary N) is 1. The Morgan fingerprint density at radius 3 is 2.13 bits per heavy atom. The summed E-state index contributed by atoms with van der Waals surface area (Å²) in [5.74, 6) is 4.06. The van der Waals surface area contributed by atoms with Crippen molar-refractivity contribution < 1.29 is 9.59 Å². The zero-order chi connectivity index (χ0) is 11.8. The van der Waals surface area contributed by atoms with E-state index >= 15 is 0 Å². The monoisotopic (exact) mass is 215 g/mol. The van der Waals surface area contributed by atoms with E-state index in [0.29, 0.717) is 19.0 Å². The lowest BCUT2D eigenvalue weighted by Gasteiger charge is -2.24. The number of likely N-dealkylation sites (N-methyl/N-ethyl adjacent to an activating group) is 1. The fourth-order valence-electron chi connectivity index (χ4n) is 1.42. The van der Waals surface area contributed by atoms with Crippen molar-refractivity contribution in [1.82, 2.24) is 10.3 Å². The molecular weight excluding hydrogens is 194 g/mol. The second-order valence-corrected chi connectivity index (χ2v) is 3.50. The topological polar surface area (TPSA) is 75.4 Å². The van der Waals surface area contributed by atoms with Crippen LogP contribution in [0.1, 0.15) is 33.6 Å². The Balaban J connectivity index is 4.35. The number of hydrogen-bond acceptors (Lipinski definition) is 3. The van der Waals surface area contributed by atoms with Gasteiger partial charge in [-0.05, 0) is 12.8 Å². The third kappa shape index (κ3) is 4.29. The number of carbonyl (C=O) groups excluding carboxylic acids is 2. The lowest BCUT2D eigenvalue weighted by molar-refractivity contribution is -0.146. The third-order valence-electron chi connectivity index (χ3n) is 2.63. The summed E-state index contributed by atoms with van der Waals surface area (Å²) in [7, 11) is 0. The highest BCUT2D eigenvalue weighted by atomic mass is 16.2. The van der Waals surface area contributed by atoms with Gasteiger partial charge in [-0.1, -0.05) is 26.7 Å². The number of hydrazine groups is 1. The number of hydrogen-bond donors (Lipinski definition) is 2. The van der Waals surface area contributed by atoms with Gasteiger partial charge in [-0.2, -0.15) is 0 Å². The first-order chi connectivity index (χ1) is 7.10. The van der Waals surface area contributed by atoms with Crippen molar-refractivity contribution >= 4 is 11.8 Å². The number of nitrogens with one attached hydrogen (secondary N) is 1. The highest BCUT2D eigenvalue weighted by Gasteiger charge is 2.21. The Kier molecular flexibility index (Phi) is 6.70. The van der Waals surface area contributed by atoms with Crippen molar-refractivity contribution in [2.45, 2.75) is 33.6 Å². The molecule has 0 saturated carbocycles. The summed E-state index contributed by atoms with van der Waals surface area (Å²) in [6.07, 6.45) is 2.01. The van der Waals surface area contributed by atoms with E-state index in [4.69, 9.17) is 5.84 Å². The summed E-state index contributed by atoms with van der Waals surface area (Å²) in [5, 5.41) is 0. The summed E-state index contributed by atoms with van der Waals surface area (Å²) in [6, 6.07) is 0. The maximum absolute atomic E-state index is 11.5. The van der Waals surface area contributed by atoms with Gasteiger partial charge in [-0.3, -0.25) is 15.0 Å². The Hall–Kier alpha value is -1.10. The maximum Gasteiger partial charge on any atom is 0.323 e. The van der Waals surface area contributed by atoms with Crippen molar-refractivity contribution in [2.24, 2.45) is 11.8 Å². The van der Waals surface area contributed by atoms with Gasteiger partial charge in [-0.15, -0.1) is 0 Å². The molecule has 0 heterocycles. The van der Waals surface area contributed by atoms with Crippen molar-refractivity contribution in [3.8, 4) is 0 Å². The Morgan fingerprint density at radius 2 is 1.80 bits per heavy atom. The van der Waals surface area contributed by atoms with E-state index in [-0.39, 0.29) is 0 Å². The van der Waals surface area contributed by atoms with Crippen molar-refractivity contribution in [3.63, 3.8) is 0 Å². The number of carbonyl (C=O) groups is 2. The number of amides is 2. The molecule has 88 valence electrons. The molecule has 0 aromatic heterocycles. The van der Waals surface area contributed by atoms with Gasteiger partial charge >= 0.3 is 11.8 Å². The molecule has 0 bridgehead atoms. The predicted octanol–water partition coefficient (Wildman–Crippen LogP) is 0.261. The fraction of sp³-hybridized carbons (Fsp3) is 0.800. The highest BCUT2D eigenvalue weighted by molar-refractivity contribution is 6.34. The van der Waals surface area contributed by atoms with Crippen LogP contribution in [0.3, 0.4) is 0 Å². The smallest absolute Gasteiger partial charge is 0.323 e. The van der Waals surface area contributed by atoms with E-state index in [1.54, 1.807) is 0 Å². The van der Waals surface area contributed by atoms with Crippen LogP contribution >= 0.6 is 0 Å². The van der Waals surface area contributed by atoms with Crippen molar-refractivity contribution in [1.29, 1.82) is 0 Å². The molecule has 5 heteroatoms. The molecule has 0 spiro atoms. The average Bonchev–Trinajstić information content (AvgIpc) is 2.29. The van der Waals surface area contributed by atoms with Crippen LogP contribution in [0.2, 0.25) is 0 Å². The summed E-state index contributed by atoms with van der Waals surface area (Å²) in [5.41, 5.74) is 1.86. The minimum Gasteiger partial charge on any atom is -0.334 e. The quantitative estimate of drug-likeness (QED) is 0.299. The van der Waals surface area contributed by atoms with Gasteiger partial charge in [0.05, 0.1) is 0 Å². The molecular formula is C10H21N3O2. The first-order valence-corrected chi connectivity index (χ1v) is 5.40. The minimum atomic E-state index is -0.747. The van der Waals surface area contributed by atoms with Crippen LogP contribution in [-0.2, 0) is 9.59 Å². The van der Waals surface area contributed by atoms with Gasteiger partial charge in [0, 0.05) is 13.1 Å². The molecule has 2 amide bonds. The van der Waals surface area contributed by atoms with Crippen LogP contribution in [-0.4, -0.2) is 29.8 Å². The molecule has 0 rings (SSSR count). The molecule has 0 aliphatic carbocycles. The Bertz CT molecular complexity index is 215. The van der Waals surface area contributed by atoms with E-state index in [1.165, 1.54) is 4.90 Å². The normalized spacial score (nSPS) is 10.2. The second-order valence-electron chi connectivity index (χ2n) is 3.50. The summed E-state index contributed by atoms with van der Waals surface area (Å²) >= 11 is 0. The molecule has 0 aromatic rings. The molecule has 0 unspecified atom stereocenters. The molecule has 0 atom stereocenters. The zero-order valence-corrected chi connectivity index (χ0v) is 9.75. The molecule has 15 heavy (non-hydrogen) atoms. The van der Waals surface area contributed by atoms with Gasteiger partial charge in [-0.25, -0.2) is 5.84 Å². The molecule has 5 nitrogen and oxygen atoms in total. The summed E-state index contributed by atoms with van der Waals surface area (Å²) in [4.78, 5) is 24.1. The molecule has 3 N–H and O–H groups in total. The molecule has 0 saturated heterocycles. The zero-order valence-electron chi connectivity index (χ0n) is 9.75. The first-order valence-electron chi connectivity index (χ1n) is 5.40. The van der Waals surface area contributed by atoms with Crippen LogP contribution in [0.25, 0.3) is 0 Å². The summed E-state index contributed by atoms with van der Waals surface area (Å²) in [6.45, 7) is 7.16. The molecule has 0 aliphatic rings. The van der Waals surface area contributed by atoms with Crippen LogP contribution in [0.15, 0.2) is 0 Å². The minimum absolute atomic E-state index is 0.444. The first kappa shape index (κ1) is 13.9. The lowest BCUT2D eigenvalue weighted by atomic mass is 10.0. The standard InChI is InChI=1S/C10H21N3O2/c1-4-8(5-2)7-13(6-3)10(15)9(14)12-11/h8H,4-7,11H2,1-3H3,(H,12,14). The molecule has 0 fully saturated rings. The number of rotatable bonds is 5. The fourth-order valence-corrected chi connectivity index (χ4v) is 1.42. The highest BCUT2D eigenvalue weighted by Crippen LogP contribution is 2.09. The molecule has 0 aromatic carbocycles.